The Kier molecular flexibility index (Phi) is 9.61. The van der Waals surface area contributed by atoms with Crippen molar-refractivity contribution in [2.24, 2.45) is 0 Å². The molecular weight excluding hydrogens is 508 g/mol. The van der Waals surface area contributed by atoms with Crippen LogP contribution in [0.25, 0.3) is 0 Å². The molecule has 0 spiro atoms. The van der Waals surface area contributed by atoms with Crippen LogP contribution < -0.4 is 5.32 Å². The predicted octanol–water partition coefficient (Wildman–Crippen LogP) is 7.13. The molecule has 1 N–H and O–H groups in total. The predicted molar refractivity (Wildman–Crippen MR) is 162 cm³/mol. The van der Waals surface area contributed by atoms with Gasteiger partial charge in [-0.25, -0.2) is 4.79 Å². The maximum atomic E-state index is 14.2. The SMILES string of the molecule is O=C(NC1(CN(CC(=O)C(c2ccccc2)c2ccccc2)Cc2ccccc2)CCCC1)OCc1ccccc1. The van der Waals surface area contributed by atoms with Gasteiger partial charge in [0.2, 0.25) is 0 Å². The summed E-state index contributed by atoms with van der Waals surface area (Å²) < 4.78 is 5.61. The lowest BCUT2D eigenvalue weighted by Crippen LogP contribution is -2.54. The van der Waals surface area contributed by atoms with E-state index < -0.39 is 11.6 Å². The summed E-state index contributed by atoms with van der Waals surface area (Å²) in [4.78, 5) is 29.4. The quantitative estimate of drug-likeness (QED) is 0.205. The van der Waals surface area contributed by atoms with Gasteiger partial charge in [-0.3, -0.25) is 9.69 Å². The smallest absolute Gasteiger partial charge is 0.407 e. The third-order valence-electron chi connectivity index (χ3n) is 7.88. The van der Waals surface area contributed by atoms with Crippen LogP contribution >= 0.6 is 0 Å². The van der Waals surface area contributed by atoms with Gasteiger partial charge in [0, 0.05) is 13.1 Å². The normalized spacial score (nSPS) is 14.2. The number of hydrogen-bond acceptors (Lipinski definition) is 4. The Labute approximate surface area is 243 Å². The molecule has 0 unspecified atom stereocenters. The second-order valence-electron chi connectivity index (χ2n) is 11.0. The first-order valence-corrected chi connectivity index (χ1v) is 14.5. The van der Waals surface area contributed by atoms with E-state index in [0.717, 1.165) is 47.9 Å². The van der Waals surface area contributed by atoms with Crippen LogP contribution in [0.2, 0.25) is 0 Å². The number of nitrogens with zero attached hydrogens (tertiary/aromatic N) is 1. The Bertz CT molecular complexity index is 1330. The zero-order valence-electron chi connectivity index (χ0n) is 23.5. The highest BCUT2D eigenvalue weighted by Gasteiger charge is 2.38. The number of nitrogens with one attached hydrogen (secondary N) is 1. The van der Waals surface area contributed by atoms with Crippen molar-refractivity contribution in [2.45, 2.75) is 50.3 Å². The summed E-state index contributed by atoms with van der Waals surface area (Å²) in [6, 6.07) is 39.9. The average Bonchev–Trinajstić information content (AvgIpc) is 3.46. The van der Waals surface area contributed by atoms with Crippen molar-refractivity contribution in [2.75, 3.05) is 13.1 Å². The Hall–Kier alpha value is -4.22. The maximum absolute atomic E-state index is 14.2. The van der Waals surface area contributed by atoms with E-state index in [4.69, 9.17) is 4.74 Å². The molecule has 0 saturated heterocycles. The first kappa shape index (κ1) is 28.3. The minimum atomic E-state index is -0.447. The molecule has 5 nitrogen and oxygen atoms in total. The summed E-state index contributed by atoms with van der Waals surface area (Å²) in [6.07, 6.45) is 3.36. The van der Waals surface area contributed by atoms with Crippen LogP contribution in [0.4, 0.5) is 4.79 Å². The molecular formula is C36H38N2O3. The number of amides is 1. The van der Waals surface area contributed by atoms with Crippen molar-refractivity contribution in [3.63, 3.8) is 0 Å². The average molecular weight is 547 g/mol. The van der Waals surface area contributed by atoms with E-state index in [9.17, 15) is 9.59 Å². The molecule has 1 fully saturated rings. The fourth-order valence-corrected chi connectivity index (χ4v) is 5.95. The molecule has 0 radical (unpaired) electrons. The summed E-state index contributed by atoms with van der Waals surface area (Å²) in [6.45, 7) is 1.69. The minimum Gasteiger partial charge on any atom is -0.445 e. The van der Waals surface area contributed by atoms with Crippen LogP contribution in [0.3, 0.4) is 0 Å². The van der Waals surface area contributed by atoms with Gasteiger partial charge in [0.05, 0.1) is 18.0 Å². The number of Topliss-reactive ketones (excluding diaryl/α,β-unsaturated/α-hetero) is 1. The van der Waals surface area contributed by atoms with Gasteiger partial charge < -0.3 is 10.1 Å². The van der Waals surface area contributed by atoms with Crippen LogP contribution in [0.5, 0.6) is 0 Å². The molecule has 4 aromatic carbocycles. The highest BCUT2D eigenvalue weighted by atomic mass is 16.5. The number of ketones is 1. The Morgan fingerprint density at radius 2 is 1.20 bits per heavy atom. The van der Waals surface area contributed by atoms with Gasteiger partial charge in [-0.1, -0.05) is 134 Å². The van der Waals surface area contributed by atoms with Crippen LogP contribution in [0.15, 0.2) is 121 Å². The highest BCUT2D eigenvalue weighted by Crippen LogP contribution is 2.32. The molecule has 1 amide bonds. The van der Waals surface area contributed by atoms with Gasteiger partial charge in [-0.15, -0.1) is 0 Å². The largest absolute Gasteiger partial charge is 0.445 e. The monoisotopic (exact) mass is 546 g/mol. The van der Waals surface area contributed by atoms with E-state index in [0.29, 0.717) is 13.1 Å². The number of benzene rings is 4. The third kappa shape index (κ3) is 7.92. The molecule has 0 bridgehead atoms. The number of carbonyl (C=O) groups is 2. The van der Waals surface area contributed by atoms with E-state index in [1.54, 1.807) is 0 Å². The van der Waals surface area contributed by atoms with Crippen LogP contribution in [-0.2, 0) is 22.7 Å². The Morgan fingerprint density at radius 3 is 1.73 bits per heavy atom. The molecule has 1 aliphatic rings. The number of carbonyl (C=O) groups excluding carboxylic acids is 2. The number of ether oxygens (including phenoxy) is 1. The zero-order chi connectivity index (χ0) is 28.3. The minimum absolute atomic E-state index is 0.137. The number of hydrogen-bond donors (Lipinski definition) is 1. The fraction of sp³-hybridized carbons (Fsp3) is 0.278. The molecule has 5 heteroatoms. The van der Waals surface area contributed by atoms with Crippen molar-refractivity contribution in [1.29, 1.82) is 0 Å². The molecule has 1 aliphatic carbocycles. The molecule has 0 aliphatic heterocycles. The molecule has 5 rings (SSSR count). The number of alkyl carbamates (subject to hydrolysis) is 1. The van der Waals surface area contributed by atoms with Gasteiger partial charge in [0.25, 0.3) is 0 Å². The van der Waals surface area contributed by atoms with Crippen LogP contribution in [0.1, 0.15) is 53.9 Å². The molecule has 1 saturated carbocycles. The molecule has 0 atom stereocenters. The summed E-state index contributed by atoms with van der Waals surface area (Å²) in [7, 11) is 0. The lowest BCUT2D eigenvalue weighted by Gasteiger charge is -2.36. The second-order valence-corrected chi connectivity index (χ2v) is 11.0. The topological polar surface area (TPSA) is 58.6 Å². The van der Waals surface area contributed by atoms with Gasteiger partial charge in [-0.2, -0.15) is 0 Å². The first-order valence-electron chi connectivity index (χ1n) is 14.5. The van der Waals surface area contributed by atoms with Crippen molar-refractivity contribution < 1.29 is 14.3 Å². The summed E-state index contributed by atoms with van der Waals surface area (Å²) in [5.41, 5.74) is 3.61. The van der Waals surface area contributed by atoms with Gasteiger partial charge >= 0.3 is 6.09 Å². The van der Waals surface area contributed by atoms with Crippen molar-refractivity contribution >= 4 is 11.9 Å². The Balaban J connectivity index is 1.36. The van der Waals surface area contributed by atoms with Gasteiger partial charge in [-0.05, 0) is 35.1 Å². The second kappa shape index (κ2) is 13.9. The molecule has 0 aromatic heterocycles. The fourth-order valence-electron chi connectivity index (χ4n) is 5.95. The summed E-state index contributed by atoms with van der Waals surface area (Å²) in [5.74, 6) is -0.225. The molecule has 41 heavy (non-hydrogen) atoms. The standard InChI is InChI=1S/C36H38N2O3/c39-33(34(31-19-9-3-10-20-31)32-21-11-4-12-22-32)26-38(25-29-15-5-1-6-16-29)28-36(23-13-14-24-36)37-35(40)41-27-30-17-7-2-8-18-30/h1-12,15-22,34H,13-14,23-28H2,(H,37,40). The van der Waals surface area contributed by atoms with Crippen molar-refractivity contribution in [3.8, 4) is 0 Å². The third-order valence-corrected chi connectivity index (χ3v) is 7.88. The van der Waals surface area contributed by atoms with Gasteiger partial charge in [0.15, 0.2) is 5.78 Å². The van der Waals surface area contributed by atoms with E-state index in [2.05, 4.69) is 22.3 Å². The molecule has 210 valence electrons. The van der Waals surface area contributed by atoms with E-state index >= 15 is 0 Å². The van der Waals surface area contributed by atoms with E-state index in [1.165, 1.54) is 0 Å². The van der Waals surface area contributed by atoms with Crippen molar-refractivity contribution in [3.05, 3.63) is 144 Å². The van der Waals surface area contributed by atoms with E-state index in [1.807, 2.05) is 109 Å². The molecule has 4 aromatic rings. The first-order chi connectivity index (χ1) is 20.1. The van der Waals surface area contributed by atoms with Crippen LogP contribution in [0, 0.1) is 0 Å². The van der Waals surface area contributed by atoms with Crippen LogP contribution in [-0.4, -0.2) is 35.4 Å². The number of rotatable bonds is 12. The van der Waals surface area contributed by atoms with Crippen molar-refractivity contribution in [1.82, 2.24) is 10.2 Å². The zero-order valence-corrected chi connectivity index (χ0v) is 23.5. The van der Waals surface area contributed by atoms with Gasteiger partial charge in [0.1, 0.15) is 6.61 Å². The molecule has 0 heterocycles. The Morgan fingerprint density at radius 1 is 0.707 bits per heavy atom. The maximum Gasteiger partial charge on any atom is 0.407 e. The lowest BCUT2D eigenvalue weighted by atomic mass is 9.87. The lowest BCUT2D eigenvalue weighted by molar-refractivity contribution is -0.121. The van der Waals surface area contributed by atoms with E-state index in [-0.39, 0.29) is 24.9 Å². The summed E-state index contributed by atoms with van der Waals surface area (Å²) in [5, 5.41) is 3.23. The summed E-state index contributed by atoms with van der Waals surface area (Å²) >= 11 is 0. The highest BCUT2D eigenvalue weighted by molar-refractivity contribution is 5.90.